The van der Waals surface area contributed by atoms with Gasteiger partial charge in [0.15, 0.2) is 11.3 Å². The molecule has 0 unspecified atom stereocenters. The van der Waals surface area contributed by atoms with E-state index in [1.807, 2.05) is 13.0 Å². The van der Waals surface area contributed by atoms with Crippen molar-refractivity contribution in [1.82, 2.24) is 29.7 Å². The van der Waals surface area contributed by atoms with Crippen LogP contribution >= 0.6 is 0 Å². The molecule has 8 nitrogen and oxygen atoms in total. The molecule has 154 valence electrons. The zero-order valence-corrected chi connectivity index (χ0v) is 16.7. The van der Waals surface area contributed by atoms with Crippen LogP contribution in [-0.2, 0) is 0 Å². The van der Waals surface area contributed by atoms with Crippen molar-refractivity contribution in [2.45, 2.75) is 37.6 Å². The van der Waals surface area contributed by atoms with Crippen LogP contribution in [0.3, 0.4) is 0 Å². The SMILES string of the molecule is C[C@H](c1ccc(F)cc1)n1nc(C#N)c2c(=O)[nH]c([C@H]3CC[C@@H]3c3ncccn3)nc21. The lowest BCUT2D eigenvalue weighted by atomic mass is 9.72. The molecule has 3 aromatic heterocycles. The third-order valence-corrected chi connectivity index (χ3v) is 5.95. The van der Waals surface area contributed by atoms with Gasteiger partial charge in [0, 0.05) is 24.2 Å². The van der Waals surface area contributed by atoms with Gasteiger partial charge in [0.2, 0.25) is 0 Å². The second-order valence-electron chi connectivity index (χ2n) is 7.68. The van der Waals surface area contributed by atoms with Crippen molar-refractivity contribution in [2.75, 3.05) is 0 Å². The fraction of sp³-hybridized carbons (Fsp3) is 0.273. The Morgan fingerprint density at radius 3 is 2.55 bits per heavy atom. The predicted molar refractivity (Wildman–Crippen MR) is 110 cm³/mol. The molecule has 0 radical (unpaired) electrons. The first kappa shape index (κ1) is 19.1. The van der Waals surface area contributed by atoms with Crippen LogP contribution in [0.25, 0.3) is 11.0 Å². The predicted octanol–water partition coefficient (Wildman–Crippen LogP) is 3.19. The van der Waals surface area contributed by atoms with Crippen LogP contribution in [0.5, 0.6) is 0 Å². The van der Waals surface area contributed by atoms with Crippen LogP contribution < -0.4 is 5.56 Å². The highest BCUT2D eigenvalue weighted by Gasteiger charge is 2.37. The monoisotopic (exact) mass is 415 g/mol. The molecule has 3 atom stereocenters. The van der Waals surface area contributed by atoms with Gasteiger partial charge in [-0.25, -0.2) is 24.0 Å². The maximum absolute atomic E-state index is 13.3. The molecule has 0 amide bonds. The van der Waals surface area contributed by atoms with E-state index in [0.29, 0.717) is 11.5 Å². The number of nitriles is 1. The maximum Gasteiger partial charge on any atom is 0.263 e. The van der Waals surface area contributed by atoms with E-state index in [4.69, 9.17) is 4.98 Å². The number of H-pyrrole nitrogens is 1. The van der Waals surface area contributed by atoms with E-state index in [1.165, 1.54) is 12.1 Å². The summed E-state index contributed by atoms with van der Waals surface area (Å²) < 4.78 is 14.9. The van der Waals surface area contributed by atoms with E-state index >= 15 is 0 Å². The number of hydrogen-bond donors (Lipinski definition) is 1. The zero-order chi connectivity index (χ0) is 21.5. The van der Waals surface area contributed by atoms with Gasteiger partial charge in [0.25, 0.3) is 5.56 Å². The number of halogens is 1. The molecule has 1 aliphatic rings. The highest BCUT2D eigenvalue weighted by Crippen LogP contribution is 2.46. The molecule has 1 N–H and O–H groups in total. The van der Waals surface area contributed by atoms with Gasteiger partial charge in [-0.2, -0.15) is 10.4 Å². The number of hydrogen-bond acceptors (Lipinski definition) is 6. The van der Waals surface area contributed by atoms with E-state index in [9.17, 15) is 14.4 Å². The Morgan fingerprint density at radius 1 is 1.19 bits per heavy atom. The van der Waals surface area contributed by atoms with E-state index in [0.717, 1.165) is 24.2 Å². The molecule has 1 saturated carbocycles. The Morgan fingerprint density at radius 2 is 1.90 bits per heavy atom. The van der Waals surface area contributed by atoms with Crippen molar-refractivity contribution in [3.63, 3.8) is 0 Å². The lowest BCUT2D eigenvalue weighted by Crippen LogP contribution is -2.28. The van der Waals surface area contributed by atoms with Crippen LogP contribution in [0.1, 0.15) is 60.5 Å². The van der Waals surface area contributed by atoms with Crippen molar-refractivity contribution in [2.24, 2.45) is 0 Å². The van der Waals surface area contributed by atoms with Gasteiger partial charge in [-0.1, -0.05) is 12.1 Å². The summed E-state index contributed by atoms with van der Waals surface area (Å²) in [7, 11) is 0. The number of nitrogens with zero attached hydrogens (tertiary/aromatic N) is 6. The van der Waals surface area contributed by atoms with Crippen LogP contribution in [0.2, 0.25) is 0 Å². The van der Waals surface area contributed by atoms with Gasteiger partial charge < -0.3 is 4.98 Å². The molecule has 1 aliphatic carbocycles. The van der Waals surface area contributed by atoms with E-state index in [2.05, 4.69) is 20.1 Å². The fourth-order valence-corrected chi connectivity index (χ4v) is 4.11. The number of benzene rings is 1. The van der Waals surface area contributed by atoms with Crippen LogP contribution in [-0.4, -0.2) is 29.7 Å². The van der Waals surface area contributed by atoms with E-state index in [-0.39, 0.29) is 34.8 Å². The fourth-order valence-electron chi connectivity index (χ4n) is 4.11. The topological polar surface area (TPSA) is 113 Å². The number of aromatic amines is 1. The van der Waals surface area contributed by atoms with Crippen molar-refractivity contribution in [3.8, 4) is 6.07 Å². The first-order valence-electron chi connectivity index (χ1n) is 10.0. The minimum Gasteiger partial charge on any atom is -0.310 e. The molecular weight excluding hydrogens is 397 g/mol. The average Bonchev–Trinajstić information content (AvgIpc) is 3.13. The molecule has 0 bridgehead atoms. The average molecular weight is 415 g/mol. The van der Waals surface area contributed by atoms with Crippen LogP contribution in [0.4, 0.5) is 4.39 Å². The molecule has 9 heteroatoms. The third kappa shape index (κ3) is 3.17. The summed E-state index contributed by atoms with van der Waals surface area (Å²) in [5, 5.41) is 14.0. The number of rotatable bonds is 4. The highest BCUT2D eigenvalue weighted by atomic mass is 19.1. The highest BCUT2D eigenvalue weighted by molar-refractivity contribution is 5.80. The van der Waals surface area contributed by atoms with Gasteiger partial charge in [0.05, 0.1) is 6.04 Å². The largest absolute Gasteiger partial charge is 0.310 e. The van der Waals surface area contributed by atoms with Crippen molar-refractivity contribution in [1.29, 1.82) is 5.26 Å². The molecule has 31 heavy (non-hydrogen) atoms. The summed E-state index contributed by atoms with van der Waals surface area (Å²) in [4.78, 5) is 29.2. The second kappa shape index (κ2) is 7.40. The van der Waals surface area contributed by atoms with Gasteiger partial charge >= 0.3 is 0 Å². The maximum atomic E-state index is 13.3. The normalized spacial score (nSPS) is 19.0. The smallest absolute Gasteiger partial charge is 0.263 e. The van der Waals surface area contributed by atoms with Crippen molar-refractivity contribution < 1.29 is 4.39 Å². The van der Waals surface area contributed by atoms with Crippen LogP contribution in [0.15, 0.2) is 47.5 Å². The minimum atomic E-state index is -0.395. The lowest BCUT2D eigenvalue weighted by Gasteiger charge is -2.34. The van der Waals surface area contributed by atoms with Crippen molar-refractivity contribution in [3.05, 3.63) is 81.8 Å². The summed E-state index contributed by atoms with van der Waals surface area (Å²) >= 11 is 0. The quantitative estimate of drug-likeness (QED) is 0.548. The first-order valence-corrected chi connectivity index (χ1v) is 10.0. The zero-order valence-electron chi connectivity index (χ0n) is 16.7. The number of nitrogens with one attached hydrogen (secondary N) is 1. The third-order valence-electron chi connectivity index (χ3n) is 5.95. The van der Waals surface area contributed by atoms with E-state index in [1.54, 1.807) is 35.3 Å². The number of aromatic nitrogens is 6. The second-order valence-corrected chi connectivity index (χ2v) is 7.68. The van der Waals surface area contributed by atoms with Gasteiger partial charge in [-0.15, -0.1) is 0 Å². The van der Waals surface area contributed by atoms with E-state index < -0.39 is 5.56 Å². The summed E-state index contributed by atoms with van der Waals surface area (Å²) in [6, 6.07) is 9.45. The Balaban J connectivity index is 1.61. The lowest BCUT2D eigenvalue weighted by molar-refractivity contribution is 0.319. The summed E-state index contributed by atoms with van der Waals surface area (Å²) in [5.74, 6) is 0.984. The standard InChI is InChI=1S/C22H18FN7O/c1-12(13-3-5-14(23)6-4-13)30-21-18(17(11-24)29-30)22(31)28-20(27-21)16-8-7-15(16)19-25-9-2-10-26-19/h2-6,9-10,12,15-16H,7-8H2,1H3,(H,27,28,31)/t12-,15+,16+/m1/s1. The van der Waals surface area contributed by atoms with Crippen LogP contribution in [0, 0.1) is 17.1 Å². The Labute approximate surface area is 176 Å². The summed E-state index contributed by atoms with van der Waals surface area (Å²) in [6.07, 6.45) is 5.17. The Kier molecular flexibility index (Phi) is 4.55. The summed E-state index contributed by atoms with van der Waals surface area (Å²) in [5.41, 5.74) is 0.749. The Bertz CT molecular complexity index is 1360. The van der Waals surface area contributed by atoms with Gasteiger partial charge in [0.1, 0.15) is 28.9 Å². The molecule has 4 aromatic rings. The summed E-state index contributed by atoms with van der Waals surface area (Å²) in [6.45, 7) is 1.87. The molecule has 3 heterocycles. The van der Waals surface area contributed by atoms with Gasteiger partial charge in [-0.3, -0.25) is 4.79 Å². The minimum absolute atomic E-state index is 0.0146. The van der Waals surface area contributed by atoms with Crippen molar-refractivity contribution >= 4 is 11.0 Å². The number of fused-ring (bicyclic) bond motifs is 1. The first-order chi connectivity index (χ1) is 15.1. The van der Waals surface area contributed by atoms with Gasteiger partial charge in [-0.05, 0) is 43.5 Å². The molecule has 0 saturated heterocycles. The molecule has 1 aromatic carbocycles. The molecule has 5 rings (SSSR count). The molecule has 0 spiro atoms. The molecular formula is C22H18FN7O. The molecule has 1 fully saturated rings. The molecule has 0 aliphatic heterocycles. The Hall–Kier alpha value is -3.93.